The first-order valence-corrected chi connectivity index (χ1v) is 7.64. The molecule has 2 aromatic rings. The Morgan fingerprint density at radius 2 is 1.78 bits per heavy atom. The highest BCUT2D eigenvalue weighted by Gasteiger charge is 2.13. The molecule has 0 amide bonds. The van der Waals surface area contributed by atoms with Crippen LogP contribution in [0.2, 0.25) is 0 Å². The minimum absolute atomic E-state index is 0. The average molecular weight is 446 g/mol. The van der Waals surface area contributed by atoms with Gasteiger partial charge in [0.25, 0.3) is 0 Å². The molecule has 1 atom stereocenters. The van der Waals surface area contributed by atoms with Crippen molar-refractivity contribution in [1.29, 1.82) is 0 Å². The molecule has 0 saturated carbocycles. The van der Waals surface area contributed by atoms with Crippen LogP contribution in [0.15, 0.2) is 54.9 Å². The van der Waals surface area contributed by atoms with Crippen LogP contribution in [-0.2, 0) is 6.42 Å². The first-order valence-electron chi connectivity index (χ1n) is 7.64. The molecule has 128 valence electrons. The van der Waals surface area contributed by atoms with Gasteiger partial charge in [-0.15, -0.1) is 34.0 Å². The van der Waals surface area contributed by atoms with Crippen molar-refractivity contribution in [3.63, 3.8) is 0 Å². The summed E-state index contributed by atoms with van der Waals surface area (Å²) in [6, 6.07) is 14.3. The largest absolute Gasteiger partial charge is 0.387 e. The number of hydrogen-bond acceptors (Lipinski definition) is 3. The number of aliphatic hydroxyl groups is 1. The smallest absolute Gasteiger partial charge is 0.0931 e. The van der Waals surface area contributed by atoms with Crippen LogP contribution in [0, 0.1) is 0 Å². The van der Waals surface area contributed by atoms with Gasteiger partial charge in [-0.05, 0) is 31.0 Å². The predicted octanol–water partition coefficient (Wildman–Crippen LogP) is 4.23. The molecule has 0 spiro atoms. The van der Waals surface area contributed by atoms with Crippen molar-refractivity contribution in [2.45, 2.75) is 25.9 Å². The molecule has 0 fully saturated rings. The van der Waals surface area contributed by atoms with Crippen LogP contribution in [-0.4, -0.2) is 34.6 Å². The van der Waals surface area contributed by atoms with Gasteiger partial charge in [-0.2, -0.15) is 0 Å². The van der Waals surface area contributed by atoms with Gasteiger partial charge in [-0.3, -0.25) is 4.98 Å². The van der Waals surface area contributed by atoms with E-state index in [1.165, 1.54) is 5.56 Å². The second-order valence-electron chi connectivity index (χ2n) is 5.34. The lowest BCUT2D eigenvalue weighted by molar-refractivity contribution is 0.113. The van der Waals surface area contributed by atoms with Crippen molar-refractivity contribution < 1.29 is 5.11 Å². The van der Waals surface area contributed by atoms with Gasteiger partial charge in [0.2, 0.25) is 0 Å². The summed E-state index contributed by atoms with van der Waals surface area (Å²) in [6.45, 7) is 4.80. The Kier molecular flexibility index (Phi) is 12.2. The Balaban J connectivity index is 0.00000242. The van der Waals surface area contributed by atoms with Gasteiger partial charge in [0.15, 0.2) is 0 Å². The third-order valence-electron chi connectivity index (χ3n) is 3.60. The molecule has 1 N–H and O–H groups in total. The van der Waals surface area contributed by atoms with Crippen LogP contribution >= 0.6 is 34.0 Å². The van der Waals surface area contributed by atoms with E-state index in [0.29, 0.717) is 6.54 Å². The lowest BCUT2D eigenvalue weighted by atomic mass is 10.1. The van der Waals surface area contributed by atoms with Gasteiger partial charge in [0, 0.05) is 31.0 Å². The SMILES string of the molecule is Br.Br.CCCN(CCc1ccccc1)CC(O)c1cccnc1. The molecule has 1 aromatic heterocycles. The summed E-state index contributed by atoms with van der Waals surface area (Å²) < 4.78 is 0. The molecule has 0 radical (unpaired) electrons. The number of nitrogens with zero attached hydrogens (tertiary/aromatic N) is 2. The van der Waals surface area contributed by atoms with Crippen LogP contribution in [0.5, 0.6) is 0 Å². The Bertz CT molecular complexity index is 511. The number of pyridine rings is 1. The topological polar surface area (TPSA) is 36.4 Å². The molecule has 1 aromatic carbocycles. The van der Waals surface area contributed by atoms with Crippen LogP contribution in [0.3, 0.4) is 0 Å². The normalized spacial score (nSPS) is 11.4. The van der Waals surface area contributed by atoms with Gasteiger partial charge in [0.05, 0.1) is 6.10 Å². The highest BCUT2D eigenvalue weighted by Crippen LogP contribution is 2.13. The third kappa shape index (κ3) is 8.06. The highest BCUT2D eigenvalue weighted by atomic mass is 79.9. The van der Waals surface area contributed by atoms with E-state index in [-0.39, 0.29) is 34.0 Å². The molecule has 0 aliphatic rings. The zero-order valence-electron chi connectivity index (χ0n) is 13.5. The zero-order valence-corrected chi connectivity index (χ0v) is 16.9. The van der Waals surface area contributed by atoms with Crippen LogP contribution in [0.4, 0.5) is 0 Å². The maximum Gasteiger partial charge on any atom is 0.0931 e. The first kappa shape index (κ1) is 22.2. The molecule has 0 bridgehead atoms. The molecule has 0 aliphatic heterocycles. The summed E-state index contributed by atoms with van der Waals surface area (Å²) in [7, 11) is 0. The van der Waals surface area contributed by atoms with E-state index in [0.717, 1.165) is 31.5 Å². The number of hydrogen-bond donors (Lipinski definition) is 1. The number of rotatable bonds is 8. The molecule has 0 aliphatic carbocycles. The maximum atomic E-state index is 10.3. The Morgan fingerprint density at radius 3 is 2.39 bits per heavy atom. The maximum absolute atomic E-state index is 10.3. The summed E-state index contributed by atoms with van der Waals surface area (Å²) in [4.78, 5) is 6.40. The van der Waals surface area contributed by atoms with Gasteiger partial charge in [0.1, 0.15) is 0 Å². The fraction of sp³-hybridized carbons (Fsp3) is 0.389. The van der Waals surface area contributed by atoms with Crippen LogP contribution < -0.4 is 0 Å². The van der Waals surface area contributed by atoms with Crippen molar-refractivity contribution in [3.8, 4) is 0 Å². The number of aromatic nitrogens is 1. The zero-order chi connectivity index (χ0) is 14.9. The van der Waals surface area contributed by atoms with Crippen LogP contribution in [0.1, 0.15) is 30.6 Å². The predicted molar refractivity (Wildman–Crippen MR) is 107 cm³/mol. The van der Waals surface area contributed by atoms with Gasteiger partial charge in [-0.25, -0.2) is 0 Å². The lowest BCUT2D eigenvalue weighted by Crippen LogP contribution is -2.31. The average Bonchev–Trinajstić information content (AvgIpc) is 2.54. The Morgan fingerprint density at radius 1 is 1.04 bits per heavy atom. The standard InChI is InChI=1S/C18H24N2O.2BrH/c1-2-12-20(13-10-16-7-4-3-5-8-16)15-18(21)17-9-6-11-19-14-17;;/h3-9,11,14,18,21H,2,10,12-13,15H2,1H3;2*1H. The van der Waals surface area contributed by atoms with Crippen molar-refractivity contribution in [2.75, 3.05) is 19.6 Å². The van der Waals surface area contributed by atoms with Crippen molar-refractivity contribution in [2.24, 2.45) is 0 Å². The second-order valence-corrected chi connectivity index (χ2v) is 5.34. The van der Waals surface area contributed by atoms with E-state index in [1.807, 2.05) is 18.2 Å². The Labute approximate surface area is 160 Å². The minimum atomic E-state index is -0.471. The monoisotopic (exact) mass is 444 g/mol. The minimum Gasteiger partial charge on any atom is -0.387 e. The van der Waals surface area contributed by atoms with Crippen molar-refractivity contribution >= 4 is 34.0 Å². The number of halogens is 2. The summed E-state index contributed by atoms with van der Waals surface area (Å²) in [5.74, 6) is 0. The number of benzene rings is 1. The summed E-state index contributed by atoms with van der Waals surface area (Å²) in [5.41, 5.74) is 2.23. The third-order valence-corrected chi connectivity index (χ3v) is 3.60. The van der Waals surface area contributed by atoms with E-state index in [4.69, 9.17) is 0 Å². The molecule has 1 unspecified atom stereocenters. The molecular weight excluding hydrogens is 420 g/mol. The highest BCUT2D eigenvalue weighted by molar-refractivity contribution is 8.93. The van der Waals surface area contributed by atoms with Gasteiger partial charge in [-0.1, -0.05) is 43.3 Å². The molecule has 1 heterocycles. The molecular formula is C18H26Br2N2O. The Hall–Kier alpha value is -0.750. The van der Waals surface area contributed by atoms with Crippen molar-refractivity contribution in [3.05, 3.63) is 66.0 Å². The molecule has 0 saturated heterocycles. The van der Waals surface area contributed by atoms with Gasteiger partial charge < -0.3 is 10.0 Å². The fourth-order valence-corrected chi connectivity index (χ4v) is 2.47. The summed E-state index contributed by atoms with van der Waals surface area (Å²) >= 11 is 0. The van der Waals surface area contributed by atoms with Crippen molar-refractivity contribution in [1.82, 2.24) is 9.88 Å². The van der Waals surface area contributed by atoms with E-state index in [9.17, 15) is 5.11 Å². The molecule has 5 heteroatoms. The van der Waals surface area contributed by atoms with E-state index in [1.54, 1.807) is 12.4 Å². The lowest BCUT2D eigenvalue weighted by Gasteiger charge is -2.24. The summed E-state index contributed by atoms with van der Waals surface area (Å²) in [5, 5.41) is 10.3. The van der Waals surface area contributed by atoms with E-state index >= 15 is 0 Å². The van der Waals surface area contributed by atoms with Gasteiger partial charge >= 0.3 is 0 Å². The quantitative estimate of drug-likeness (QED) is 0.660. The second kappa shape index (κ2) is 12.6. The summed E-state index contributed by atoms with van der Waals surface area (Å²) in [6.07, 6.45) is 5.11. The first-order chi connectivity index (χ1) is 10.3. The fourth-order valence-electron chi connectivity index (χ4n) is 2.47. The molecule has 23 heavy (non-hydrogen) atoms. The molecule has 2 rings (SSSR count). The van der Waals surface area contributed by atoms with E-state index in [2.05, 4.69) is 41.1 Å². The number of aliphatic hydroxyl groups excluding tert-OH is 1. The van der Waals surface area contributed by atoms with Crippen LogP contribution in [0.25, 0.3) is 0 Å². The van der Waals surface area contributed by atoms with E-state index < -0.39 is 6.10 Å². The molecule has 3 nitrogen and oxygen atoms in total.